The van der Waals surface area contributed by atoms with Crippen LogP contribution in [-0.4, -0.2) is 22.5 Å². The lowest BCUT2D eigenvalue weighted by molar-refractivity contribution is -0.104. The molecule has 2 heterocycles. The number of nitrogens with zero attached hydrogens (tertiary/aromatic N) is 1. The van der Waals surface area contributed by atoms with Gasteiger partial charge in [-0.05, 0) is 50.6 Å². The molecule has 148 valence electrons. The van der Waals surface area contributed by atoms with Gasteiger partial charge in [0.05, 0.1) is 15.8 Å². The molecule has 1 aromatic heterocycles. The molecule has 4 nitrogen and oxygen atoms in total. The third-order valence-electron chi connectivity index (χ3n) is 4.60. The zero-order valence-corrected chi connectivity index (χ0v) is 18.7. The van der Waals surface area contributed by atoms with Gasteiger partial charge in [-0.1, -0.05) is 58.0 Å². The van der Waals surface area contributed by atoms with E-state index in [1.165, 1.54) is 11.8 Å². The van der Waals surface area contributed by atoms with Gasteiger partial charge >= 0.3 is 6.09 Å². The molecule has 1 atom stereocenters. The van der Waals surface area contributed by atoms with E-state index in [4.69, 9.17) is 4.74 Å². The second-order valence-electron chi connectivity index (χ2n) is 7.86. The molecule has 0 radical (unpaired) electrons. The first-order valence-corrected chi connectivity index (χ1v) is 10.9. The topological polar surface area (TPSA) is 48.3 Å². The highest BCUT2D eigenvalue weighted by molar-refractivity contribution is 9.10. The van der Waals surface area contributed by atoms with Crippen LogP contribution in [0.15, 0.2) is 63.6 Å². The summed E-state index contributed by atoms with van der Waals surface area (Å²) in [6.07, 6.45) is 2.39. The van der Waals surface area contributed by atoms with Gasteiger partial charge in [-0.15, -0.1) is 0 Å². The highest BCUT2D eigenvalue weighted by Gasteiger charge is 2.32. The number of halogens is 1. The maximum absolute atomic E-state index is 13.1. The van der Waals surface area contributed by atoms with Crippen molar-refractivity contribution in [3.05, 3.63) is 69.7 Å². The summed E-state index contributed by atoms with van der Waals surface area (Å²) in [5.41, 5.74) is 2.73. The van der Waals surface area contributed by atoms with Crippen molar-refractivity contribution in [1.82, 2.24) is 4.57 Å². The van der Waals surface area contributed by atoms with Crippen LogP contribution in [0.5, 0.6) is 0 Å². The van der Waals surface area contributed by atoms with E-state index < -0.39 is 11.7 Å². The molecule has 29 heavy (non-hydrogen) atoms. The molecule has 0 bridgehead atoms. The van der Waals surface area contributed by atoms with Gasteiger partial charge in [0.2, 0.25) is 0 Å². The number of aldehydes is 1. The first-order chi connectivity index (χ1) is 13.8. The molecule has 1 aliphatic rings. The number of thioether (sulfide) groups is 1. The van der Waals surface area contributed by atoms with Crippen LogP contribution in [0.3, 0.4) is 0 Å². The number of carbonyl (C=O) groups is 2. The highest BCUT2D eigenvalue weighted by Crippen LogP contribution is 2.49. The zero-order chi connectivity index (χ0) is 20.8. The van der Waals surface area contributed by atoms with Crippen LogP contribution in [0.4, 0.5) is 4.79 Å². The van der Waals surface area contributed by atoms with Crippen molar-refractivity contribution in [2.24, 2.45) is 0 Å². The lowest BCUT2D eigenvalue weighted by atomic mass is 10.0. The fourth-order valence-electron chi connectivity index (χ4n) is 3.40. The summed E-state index contributed by atoms with van der Waals surface area (Å²) in [6, 6.07) is 15.6. The third kappa shape index (κ3) is 3.79. The second-order valence-corrected chi connectivity index (χ2v) is 9.87. The summed E-state index contributed by atoms with van der Waals surface area (Å²) in [6.45, 7) is 5.56. The number of rotatable bonds is 2. The normalized spacial score (nSPS) is 16.3. The average molecular weight is 470 g/mol. The number of carbonyl (C=O) groups excluding carboxylic acids is 2. The Labute approximate surface area is 182 Å². The Hall–Kier alpha value is -2.31. The van der Waals surface area contributed by atoms with Crippen molar-refractivity contribution in [3.8, 4) is 0 Å². The Balaban J connectivity index is 1.90. The van der Waals surface area contributed by atoms with Crippen molar-refractivity contribution in [2.45, 2.75) is 36.6 Å². The van der Waals surface area contributed by atoms with Crippen molar-refractivity contribution >= 4 is 57.1 Å². The maximum Gasteiger partial charge on any atom is 0.419 e. The minimum atomic E-state index is -0.608. The van der Waals surface area contributed by atoms with Gasteiger partial charge in [-0.3, -0.25) is 4.79 Å². The molecule has 0 spiro atoms. The van der Waals surface area contributed by atoms with E-state index in [-0.39, 0.29) is 5.25 Å². The van der Waals surface area contributed by atoms with Gasteiger partial charge in [0.1, 0.15) is 11.9 Å². The number of fused-ring (bicyclic) bond motifs is 3. The van der Waals surface area contributed by atoms with Crippen LogP contribution in [0.25, 0.3) is 17.0 Å². The molecule has 3 aromatic rings. The third-order valence-corrected chi connectivity index (χ3v) is 6.53. The summed E-state index contributed by atoms with van der Waals surface area (Å²) in [4.78, 5) is 25.0. The van der Waals surface area contributed by atoms with E-state index >= 15 is 0 Å². The number of para-hydroxylation sites is 1. The molecular formula is C23H20BrNO3S. The Morgan fingerprint density at radius 3 is 2.48 bits per heavy atom. The van der Waals surface area contributed by atoms with Gasteiger partial charge in [-0.25, -0.2) is 9.36 Å². The van der Waals surface area contributed by atoms with Crippen LogP contribution < -0.4 is 0 Å². The highest BCUT2D eigenvalue weighted by atomic mass is 79.9. The molecular weight excluding hydrogens is 450 g/mol. The van der Waals surface area contributed by atoms with Gasteiger partial charge in [-0.2, -0.15) is 0 Å². The first-order valence-electron chi connectivity index (χ1n) is 9.24. The number of hydrogen-bond donors (Lipinski definition) is 0. The van der Waals surface area contributed by atoms with E-state index in [0.29, 0.717) is 5.57 Å². The van der Waals surface area contributed by atoms with E-state index in [1.807, 2.05) is 75.4 Å². The largest absolute Gasteiger partial charge is 0.443 e. The van der Waals surface area contributed by atoms with E-state index in [1.54, 1.807) is 4.57 Å². The molecule has 6 heteroatoms. The van der Waals surface area contributed by atoms with Crippen LogP contribution in [0.2, 0.25) is 0 Å². The van der Waals surface area contributed by atoms with Gasteiger partial charge in [0.15, 0.2) is 0 Å². The number of benzene rings is 2. The van der Waals surface area contributed by atoms with Crippen molar-refractivity contribution < 1.29 is 14.3 Å². The Kier molecular flexibility index (Phi) is 5.17. The van der Waals surface area contributed by atoms with E-state index in [9.17, 15) is 9.59 Å². The predicted octanol–water partition coefficient (Wildman–Crippen LogP) is 6.62. The predicted molar refractivity (Wildman–Crippen MR) is 120 cm³/mol. The summed E-state index contributed by atoms with van der Waals surface area (Å²) >= 11 is 4.96. The van der Waals surface area contributed by atoms with Crippen LogP contribution in [0, 0.1) is 0 Å². The first kappa shape index (κ1) is 20.0. The molecule has 1 aliphatic heterocycles. The monoisotopic (exact) mass is 469 g/mol. The van der Waals surface area contributed by atoms with Crippen LogP contribution >= 0.6 is 27.7 Å². The molecule has 0 amide bonds. The molecule has 0 aliphatic carbocycles. The molecule has 0 N–H and O–H groups in total. The standard InChI is InChI=1S/C23H20BrNO3S/c1-23(2,3)28-22(27)25-19-7-5-4-6-17(19)18-12-15(13-26)20(29-21(18)25)14-8-10-16(24)11-9-14/h4-13,20H,1-3H3/t20-/m1/s1. The van der Waals surface area contributed by atoms with Crippen LogP contribution in [0.1, 0.15) is 37.1 Å². The number of hydrogen-bond acceptors (Lipinski definition) is 4. The van der Waals surface area contributed by atoms with Crippen molar-refractivity contribution in [2.75, 3.05) is 0 Å². The summed E-state index contributed by atoms with van der Waals surface area (Å²) in [5, 5.41) is 1.52. The molecule has 2 aromatic carbocycles. The zero-order valence-electron chi connectivity index (χ0n) is 16.3. The lowest BCUT2D eigenvalue weighted by Crippen LogP contribution is -2.27. The summed E-state index contributed by atoms with van der Waals surface area (Å²) in [7, 11) is 0. The van der Waals surface area contributed by atoms with Crippen LogP contribution in [-0.2, 0) is 9.53 Å². The van der Waals surface area contributed by atoms with E-state index in [2.05, 4.69) is 15.9 Å². The number of aromatic nitrogens is 1. The summed E-state index contributed by atoms with van der Waals surface area (Å²) < 4.78 is 8.28. The Morgan fingerprint density at radius 1 is 1.14 bits per heavy atom. The molecule has 4 rings (SSSR count). The van der Waals surface area contributed by atoms with E-state index in [0.717, 1.165) is 37.8 Å². The summed E-state index contributed by atoms with van der Waals surface area (Å²) in [5.74, 6) is 0. The number of ether oxygens (including phenoxy) is 1. The smallest absolute Gasteiger partial charge is 0.419 e. The molecule has 0 saturated carbocycles. The van der Waals surface area contributed by atoms with Gasteiger partial charge in [0.25, 0.3) is 0 Å². The minimum absolute atomic E-state index is 0.196. The van der Waals surface area contributed by atoms with Crippen molar-refractivity contribution in [1.29, 1.82) is 0 Å². The molecule has 0 saturated heterocycles. The molecule has 0 unspecified atom stereocenters. The maximum atomic E-state index is 13.1. The molecule has 0 fully saturated rings. The van der Waals surface area contributed by atoms with Gasteiger partial charge in [0, 0.05) is 21.0 Å². The van der Waals surface area contributed by atoms with Gasteiger partial charge < -0.3 is 4.74 Å². The fourth-order valence-corrected chi connectivity index (χ4v) is 5.02. The SMILES string of the molecule is CC(C)(C)OC(=O)n1c2c(c3ccccc31)C=C(C=O)[C@@H](c1ccc(Br)cc1)S2. The Bertz CT molecular complexity index is 1140. The Morgan fingerprint density at radius 2 is 1.83 bits per heavy atom. The van der Waals surface area contributed by atoms with Crippen molar-refractivity contribution in [3.63, 3.8) is 0 Å². The quantitative estimate of drug-likeness (QED) is 0.395. The second kappa shape index (κ2) is 7.50. The fraction of sp³-hybridized carbons (Fsp3) is 0.217. The average Bonchev–Trinajstić information content (AvgIpc) is 3.00. The lowest BCUT2D eigenvalue weighted by Gasteiger charge is -2.24. The minimum Gasteiger partial charge on any atom is -0.443 e.